The van der Waals surface area contributed by atoms with Crippen molar-refractivity contribution in [3.8, 4) is 0 Å². The van der Waals surface area contributed by atoms with Gasteiger partial charge in [0.2, 0.25) is 5.89 Å². The molecule has 0 fully saturated rings. The van der Waals surface area contributed by atoms with Crippen molar-refractivity contribution in [1.82, 2.24) is 25.8 Å². The third-order valence-corrected chi connectivity index (χ3v) is 3.75. The zero-order valence-electron chi connectivity index (χ0n) is 13.6. The lowest BCUT2D eigenvalue weighted by Crippen LogP contribution is -2.37. The number of hydrogen-bond donors (Lipinski definition) is 2. The van der Waals surface area contributed by atoms with E-state index in [9.17, 15) is 13.2 Å². The van der Waals surface area contributed by atoms with Gasteiger partial charge in [0.25, 0.3) is 0 Å². The van der Waals surface area contributed by atoms with Gasteiger partial charge in [-0.15, -0.1) is 35.3 Å². The zero-order valence-corrected chi connectivity index (χ0v) is 16.7. The topological polar surface area (TPSA) is 88.2 Å². The van der Waals surface area contributed by atoms with Crippen LogP contribution in [-0.4, -0.2) is 34.7 Å². The van der Waals surface area contributed by atoms with E-state index in [0.29, 0.717) is 35.6 Å². The van der Waals surface area contributed by atoms with E-state index in [-0.39, 0.29) is 30.5 Å². The second-order valence-corrected chi connectivity index (χ2v) is 5.76. The number of alkyl halides is 3. The van der Waals surface area contributed by atoms with Crippen LogP contribution in [0.3, 0.4) is 0 Å². The Hall–Kier alpha value is -1.44. The van der Waals surface area contributed by atoms with Gasteiger partial charge in [0, 0.05) is 25.4 Å². The van der Waals surface area contributed by atoms with Gasteiger partial charge in [-0.05, 0) is 13.3 Å². The maximum absolute atomic E-state index is 12.5. The second-order valence-electron chi connectivity index (χ2n) is 4.82. The van der Waals surface area contributed by atoms with Crippen molar-refractivity contribution in [2.24, 2.45) is 4.99 Å². The molecule has 0 saturated carbocycles. The quantitative estimate of drug-likeness (QED) is 0.280. The molecule has 2 aromatic heterocycles. The SMILES string of the molecule is CN=C(NCCCc1nc(C)no1)NCc1nc(C(F)(F)F)cs1.I. The molecule has 0 saturated heterocycles. The highest BCUT2D eigenvalue weighted by molar-refractivity contribution is 14.0. The number of thiazole rings is 1. The van der Waals surface area contributed by atoms with Crippen molar-refractivity contribution < 1.29 is 17.7 Å². The lowest BCUT2D eigenvalue weighted by atomic mass is 10.3. The maximum atomic E-state index is 12.5. The molecule has 0 aliphatic carbocycles. The molecule has 0 radical (unpaired) electrons. The Bertz CT molecular complexity index is 687. The number of guanidine groups is 1. The molecule has 0 spiro atoms. The van der Waals surface area contributed by atoms with Gasteiger partial charge in [-0.25, -0.2) is 4.98 Å². The predicted molar refractivity (Wildman–Crippen MR) is 98.1 cm³/mol. The van der Waals surface area contributed by atoms with Crippen LogP contribution in [0.1, 0.15) is 28.8 Å². The first-order valence-corrected chi connectivity index (χ1v) is 8.01. The summed E-state index contributed by atoms with van der Waals surface area (Å²) in [5.41, 5.74) is -0.873. The summed E-state index contributed by atoms with van der Waals surface area (Å²) in [5.74, 6) is 1.65. The third kappa shape index (κ3) is 7.13. The Morgan fingerprint density at radius 1 is 1.32 bits per heavy atom. The minimum atomic E-state index is -4.41. The van der Waals surface area contributed by atoms with Crippen LogP contribution in [0.15, 0.2) is 14.9 Å². The van der Waals surface area contributed by atoms with E-state index in [1.165, 1.54) is 0 Å². The molecular weight excluding hydrogens is 472 g/mol. The third-order valence-electron chi connectivity index (χ3n) is 2.90. The molecule has 140 valence electrons. The molecule has 12 heteroatoms. The fourth-order valence-electron chi connectivity index (χ4n) is 1.79. The van der Waals surface area contributed by atoms with Gasteiger partial charge in [0.15, 0.2) is 17.5 Å². The fraction of sp³-hybridized carbons (Fsp3) is 0.538. The summed E-state index contributed by atoms with van der Waals surface area (Å²) >= 11 is 0.953. The average Bonchev–Trinajstić information content (AvgIpc) is 3.15. The Morgan fingerprint density at radius 2 is 2.08 bits per heavy atom. The number of aromatic nitrogens is 3. The Balaban J connectivity index is 0.00000312. The predicted octanol–water partition coefficient (Wildman–Crippen LogP) is 2.77. The molecule has 25 heavy (non-hydrogen) atoms. The Morgan fingerprint density at radius 3 is 2.64 bits per heavy atom. The molecule has 0 bridgehead atoms. The summed E-state index contributed by atoms with van der Waals surface area (Å²) in [6, 6.07) is 0. The van der Waals surface area contributed by atoms with Crippen LogP contribution in [0.25, 0.3) is 0 Å². The van der Waals surface area contributed by atoms with Crippen molar-refractivity contribution in [1.29, 1.82) is 0 Å². The minimum absolute atomic E-state index is 0. The monoisotopic (exact) mass is 490 g/mol. The van der Waals surface area contributed by atoms with Crippen molar-refractivity contribution in [3.63, 3.8) is 0 Å². The molecule has 0 aromatic carbocycles. The van der Waals surface area contributed by atoms with Crippen LogP contribution in [0.2, 0.25) is 0 Å². The molecule has 0 unspecified atom stereocenters. The highest BCUT2D eigenvalue weighted by Gasteiger charge is 2.33. The zero-order chi connectivity index (χ0) is 17.6. The Labute approximate surface area is 163 Å². The number of halogens is 4. The van der Waals surface area contributed by atoms with Crippen molar-refractivity contribution in [3.05, 3.63) is 27.8 Å². The van der Waals surface area contributed by atoms with Crippen LogP contribution in [0.4, 0.5) is 13.2 Å². The van der Waals surface area contributed by atoms with Gasteiger partial charge in [-0.3, -0.25) is 4.99 Å². The molecule has 7 nitrogen and oxygen atoms in total. The first kappa shape index (κ1) is 21.6. The van der Waals surface area contributed by atoms with Gasteiger partial charge in [-0.1, -0.05) is 5.16 Å². The van der Waals surface area contributed by atoms with E-state index in [1.54, 1.807) is 14.0 Å². The van der Waals surface area contributed by atoms with Crippen LogP contribution < -0.4 is 10.6 Å². The summed E-state index contributed by atoms with van der Waals surface area (Å²) in [7, 11) is 1.58. The van der Waals surface area contributed by atoms with E-state index in [2.05, 4.69) is 30.8 Å². The molecule has 2 heterocycles. The molecule has 2 rings (SSSR count). The van der Waals surface area contributed by atoms with E-state index >= 15 is 0 Å². The van der Waals surface area contributed by atoms with Gasteiger partial charge in [0.1, 0.15) is 5.01 Å². The molecular formula is C13H18F3IN6OS. The number of aliphatic imine (C=N–C) groups is 1. The molecule has 0 amide bonds. The van der Waals surface area contributed by atoms with Crippen molar-refractivity contribution >= 4 is 41.3 Å². The van der Waals surface area contributed by atoms with Gasteiger partial charge in [0.05, 0.1) is 6.54 Å². The molecule has 2 aromatic rings. The molecule has 0 aliphatic heterocycles. The summed E-state index contributed by atoms with van der Waals surface area (Å²) in [4.78, 5) is 11.6. The first-order chi connectivity index (χ1) is 11.4. The van der Waals surface area contributed by atoms with Crippen LogP contribution in [0.5, 0.6) is 0 Å². The standard InChI is InChI=1S/C13H17F3N6OS.HI/c1-8-20-10(23-22-8)4-3-5-18-12(17-2)19-6-11-21-9(7-24-11)13(14,15)16;/h7H,3-6H2,1-2H3,(H2,17,18,19);1H. The van der Waals surface area contributed by atoms with E-state index in [4.69, 9.17) is 4.52 Å². The first-order valence-electron chi connectivity index (χ1n) is 7.14. The summed E-state index contributed by atoms with van der Waals surface area (Å²) in [6.45, 7) is 2.52. The Kier molecular flexibility index (Phi) is 8.55. The van der Waals surface area contributed by atoms with E-state index in [1.807, 2.05) is 0 Å². The largest absolute Gasteiger partial charge is 0.434 e. The summed E-state index contributed by atoms with van der Waals surface area (Å²) in [5, 5.41) is 11.0. The van der Waals surface area contributed by atoms with Crippen LogP contribution >= 0.6 is 35.3 Å². The second kappa shape index (κ2) is 9.89. The average molecular weight is 490 g/mol. The normalized spacial score (nSPS) is 12.0. The van der Waals surface area contributed by atoms with Crippen LogP contribution in [0, 0.1) is 6.92 Å². The number of rotatable bonds is 6. The van der Waals surface area contributed by atoms with Gasteiger partial charge < -0.3 is 15.2 Å². The highest BCUT2D eigenvalue weighted by Crippen LogP contribution is 2.29. The smallest absolute Gasteiger partial charge is 0.356 e. The fourth-order valence-corrected chi connectivity index (χ4v) is 2.53. The highest BCUT2D eigenvalue weighted by atomic mass is 127. The molecule has 0 aliphatic rings. The number of nitrogens with one attached hydrogen (secondary N) is 2. The van der Waals surface area contributed by atoms with Crippen LogP contribution in [-0.2, 0) is 19.1 Å². The molecule has 0 atom stereocenters. The lowest BCUT2D eigenvalue weighted by Gasteiger charge is -2.10. The maximum Gasteiger partial charge on any atom is 0.434 e. The van der Waals surface area contributed by atoms with Crippen molar-refractivity contribution in [2.75, 3.05) is 13.6 Å². The van der Waals surface area contributed by atoms with E-state index < -0.39 is 11.9 Å². The number of nitrogens with zero attached hydrogens (tertiary/aromatic N) is 4. The summed E-state index contributed by atoms with van der Waals surface area (Å²) in [6.07, 6.45) is -3.04. The van der Waals surface area contributed by atoms with Gasteiger partial charge >= 0.3 is 6.18 Å². The number of hydrogen-bond acceptors (Lipinski definition) is 6. The minimum Gasteiger partial charge on any atom is -0.356 e. The molecule has 2 N–H and O–H groups in total. The summed E-state index contributed by atoms with van der Waals surface area (Å²) < 4.78 is 42.5. The number of aryl methyl sites for hydroxylation is 2. The van der Waals surface area contributed by atoms with Gasteiger partial charge in [-0.2, -0.15) is 18.2 Å². The van der Waals surface area contributed by atoms with E-state index in [0.717, 1.165) is 23.1 Å². The lowest BCUT2D eigenvalue weighted by molar-refractivity contribution is -0.140. The van der Waals surface area contributed by atoms with Crippen molar-refractivity contribution in [2.45, 2.75) is 32.5 Å².